The lowest BCUT2D eigenvalue weighted by Gasteiger charge is -2.38. The third-order valence-electron chi connectivity index (χ3n) is 7.69. The second-order valence-corrected chi connectivity index (χ2v) is 9.68. The molecule has 3 heteroatoms. The summed E-state index contributed by atoms with van der Waals surface area (Å²) < 4.78 is 43.4. The van der Waals surface area contributed by atoms with Crippen molar-refractivity contribution in [3.63, 3.8) is 0 Å². The van der Waals surface area contributed by atoms with E-state index in [1.807, 2.05) is 12.1 Å². The highest BCUT2D eigenvalue weighted by molar-refractivity contribution is 5.34. The predicted molar refractivity (Wildman–Crippen MR) is 115 cm³/mol. The molecule has 0 heterocycles. The molecule has 2 aliphatic rings. The second-order valence-electron chi connectivity index (χ2n) is 9.68. The summed E-state index contributed by atoms with van der Waals surface area (Å²) in [6.07, 6.45) is 10.3. The van der Waals surface area contributed by atoms with E-state index in [0.29, 0.717) is 6.42 Å². The molecule has 2 fully saturated rings. The van der Waals surface area contributed by atoms with E-state index in [4.69, 9.17) is 0 Å². The number of alkyl halides is 3. The Morgan fingerprint density at radius 2 is 1.45 bits per heavy atom. The molecule has 0 amide bonds. The molecule has 0 radical (unpaired) electrons. The summed E-state index contributed by atoms with van der Waals surface area (Å²) in [7, 11) is 0. The van der Waals surface area contributed by atoms with Crippen LogP contribution in [0.1, 0.15) is 114 Å². The van der Waals surface area contributed by atoms with Gasteiger partial charge in [-0.3, -0.25) is 0 Å². The van der Waals surface area contributed by atoms with Crippen LogP contribution in [0, 0.1) is 17.8 Å². The molecule has 1 aromatic carbocycles. The van der Waals surface area contributed by atoms with Crippen molar-refractivity contribution in [3.05, 3.63) is 35.4 Å². The van der Waals surface area contributed by atoms with Crippen LogP contribution in [0.5, 0.6) is 0 Å². The number of benzene rings is 1. The molecule has 0 aliphatic heterocycles. The molecule has 0 bridgehead atoms. The van der Waals surface area contributed by atoms with E-state index in [-0.39, 0.29) is 11.5 Å². The van der Waals surface area contributed by atoms with E-state index < -0.39 is 18.5 Å². The Bertz CT molecular complexity index is 610. The standard InChI is InChI=1S/C26H39F3/c1-3-7-19-10-12-20(13-11-19)21-14-16-22(17-15-21)23-8-5-6-9-24(23)25(27)26(28,29)18-4-2/h5-6,8-9,19-22,25H,3-4,7,10-18H2,1-2H3. The SMILES string of the molecule is CCCC1CCC(C2CCC(c3ccccc3C(F)C(F)(F)CCC)CC2)CC1. The van der Waals surface area contributed by atoms with Crippen LogP contribution in [-0.2, 0) is 0 Å². The van der Waals surface area contributed by atoms with Gasteiger partial charge in [-0.25, -0.2) is 13.2 Å². The summed E-state index contributed by atoms with van der Waals surface area (Å²) in [5, 5.41) is 0. The van der Waals surface area contributed by atoms with Crippen LogP contribution in [0.3, 0.4) is 0 Å². The maximum Gasteiger partial charge on any atom is 0.282 e. The lowest BCUT2D eigenvalue weighted by molar-refractivity contribution is -0.0811. The van der Waals surface area contributed by atoms with Crippen LogP contribution < -0.4 is 0 Å². The van der Waals surface area contributed by atoms with Crippen LogP contribution in [0.15, 0.2) is 24.3 Å². The van der Waals surface area contributed by atoms with Crippen molar-refractivity contribution in [1.29, 1.82) is 0 Å². The molecule has 0 N–H and O–H groups in total. The molecule has 3 rings (SSSR count). The van der Waals surface area contributed by atoms with E-state index in [2.05, 4.69) is 6.92 Å². The maximum absolute atomic E-state index is 14.8. The molecule has 164 valence electrons. The van der Waals surface area contributed by atoms with Gasteiger partial charge in [-0.2, -0.15) is 0 Å². The Kier molecular flexibility index (Phi) is 8.10. The van der Waals surface area contributed by atoms with Crippen molar-refractivity contribution in [1.82, 2.24) is 0 Å². The first kappa shape index (κ1) is 22.7. The lowest BCUT2D eigenvalue weighted by Crippen LogP contribution is -2.27. The van der Waals surface area contributed by atoms with Gasteiger partial charge in [-0.15, -0.1) is 0 Å². The Labute approximate surface area is 175 Å². The first-order chi connectivity index (χ1) is 14.0. The van der Waals surface area contributed by atoms with Gasteiger partial charge in [0.05, 0.1) is 0 Å². The van der Waals surface area contributed by atoms with Gasteiger partial charge in [0.2, 0.25) is 0 Å². The highest BCUT2D eigenvalue weighted by atomic mass is 19.3. The zero-order valence-electron chi connectivity index (χ0n) is 18.3. The monoisotopic (exact) mass is 408 g/mol. The molecular weight excluding hydrogens is 369 g/mol. The first-order valence-electron chi connectivity index (χ1n) is 12.1. The molecule has 0 spiro atoms. The first-order valence-corrected chi connectivity index (χ1v) is 12.1. The van der Waals surface area contributed by atoms with Crippen LogP contribution in [0.2, 0.25) is 0 Å². The van der Waals surface area contributed by atoms with Gasteiger partial charge < -0.3 is 0 Å². The van der Waals surface area contributed by atoms with Crippen LogP contribution in [0.25, 0.3) is 0 Å². The average molecular weight is 409 g/mol. The highest BCUT2D eigenvalue weighted by Gasteiger charge is 2.42. The summed E-state index contributed by atoms with van der Waals surface area (Å²) in [6, 6.07) is 7.06. The van der Waals surface area contributed by atoms with Crippen molar-refractivity contribution < 1.29 is 13.2 Å². The van der Waals surface area contributed by atoms with E-state index in [9.17, 15) is 13.2 Å². The van der Waals surface area contributed by atoms with Gasteiger partial charge in [0.15, 0.2) is 6.17 Å². The Morgan fingerprint density at radius 1 is 0.862 bits per heavy atom. The summed E-state index contributed by atoms with van der Waals surface area (Å²) >= 11 is 0. The predicted octanol–water partition coefficient (Wildman–Crippen LogP) is 9.01. The summed E-state index contributed by atoms with van der Waals surface area (Å²) in [4.78, 5) is 0. The quantitative estimate of drug-likeness (QED) is 0.402. The summed E-state index contributed by atoms with van der Waals surface area (Å²) in [6.45, 7) is 3.97. The van der Waals surface area contributed by atoms with Gasteiger partial charge in [0, 0.05) is 6.42 Å². The smallest absolute Gasteiger partial charge is 0.236 e. The highest BCUT2D eigenvalue weighted by Crippen LogP contribution is 2.47. The third kappa shape index (κ3) is 5.58. The van der Waals surface area contributed by atoms with Crippen molar-refractivity contribution in [3.8, 4) is 0 Å². The minimum Gasteiger partial charge on any atom is -0.236 e. The zero-order chi connectivity index (χ0) is 20.9. The van der Waals surface area contributed by atoms with Crippen LogP contribution >= 0.6 is 0 Å². The Balaban J connectivity index is 1.60. The topological polar surface area (TPSA) is 0 Å². The lowest BCUT2D eigenvalue weighted by atomic mass is 9.67. The van der Waals surface area contributed by atoms with E-state index in [1.54, 1.807) is 19.1 Å². The fraction of sp³-hybridized carbons (Fsp3) is 0.769. The zero-order valence-corrected chi connectivity index (χ0v) is 18.3. The minimum atomic E-state index is -3.28. The molecule has 0 saturated heterocycles. The number of hydrogen-bond donors (Lipinski definition) is 0. The Morgan fingerprint density at radius 3 is 2.03 bits per heavy atom. The summed E-state index contributed by atoms with van der Waals surface area (Å²) in [5.74, 6) is -0.481. The van der Waals surface area contributed by atoms with E-state index >= 15 is 0 Å². The molecule has 0 nitrogen and oxygen atoms in total. The Hall–Kier alpha value is -0.990. The molecule has 0 aromatic heterocycles. The van der Waals surface area contributed by atoms with Gasteiger partial charge in [0.25, 0.3) is 5.92 Å². The van der Waals surface area contributed by atoms with Gasteiger partial charge in [-0.1, -0.05) is 70.2 Å². The van der Waals surface area contributed by atoms with Crippen molar-refractivity contribution >= 4 is 0 Å². The summed E-state index contributed by atoms with van der Waals surface area (Å²) in [5.41, 5.74) is 1.07. The van der Waals surface area contributed by atoms with Gasteiger partial charge in [0.1, 0.15) is 0 Å². The molecule has 1 atom stereocenters. The minimum absolute atomic E-state index is 0.231. The van der Waals surface area contributed by atoms with Crippen LogP contribution in [0.4, 0.5) is 13.2 Å². The van der Waals surface area contributed by atoms with Crippen LogP contribution in [-0.4, -0.2) is 5.92 Å². The molecule has 29 heavy (non-hydrogen) atoms. The van der Waals surface area contributed by atoms with E-state index in [0.717, 1.165) is 36.2 Å². The average Bonchev–Trinajstić information content (AvgIpc) is 2.74. The maximum atomic E-state index is 14.8. The largest absolute Gasteiger partial charge is 0.282 e. The molecular formula is C26H39F3. The van der Waals surface area contributed by atoms with E-state index in [1.165, 1.54) is 51.4 Å². The van der Waals surface area contributed by atoms with Crippen molar-refractivity contribution in [2.24, 2.45) is 17.8 Å². The van der Waals surface area contributed by atoms with Gasteiger partial charge >= 0.3 is 0 Å². The van der Waals surface area contributed by atoms with Crippen molar-refractivity contribution in [2.75, 3.05) is 0 Å². The molecule has 2 aliphatic carbocycles. The van der Waals surface area contributed by atoms with Gasteiger partial charge in [-0.05, 0) is 73.3 Å². The fourth-order valence-electron chi connectivity index (χ4n) is 6.06. The van der Waals surface area contributed by atoms with Crippen molar-refractivity contribution in [2.45, 2.75) is 109 Å². The second kappa shape index (κ2) is 10.4. The molecule has 2 saturated carbocycles. The number of hydrogen-bond acceptors (Lipinski definition) is 0. The molecule has 1 aromatic rings. The normalized spacial score (nSPS) is 29.6. The number of rotatable bonds is 8. The molecule has 1 unspecified atom stereocenters. The third-order valence-corrected chi connectivity index (χ3v) is 7.69. The fourth-order valence-corrected chi connectivity index (χ4v) is 6.06. The number of halogens is 3.